The molecule has 8 rings (SSSR count). The van der Waals surface area contributed by atoms with Gasteiger partial charge in [0.2, 0.25) is 11.6 Å². The maximum Gasteiger partial charge on any atom is 0.373 e. The minimum absolute atomic E-state index is 0. The number of carbonyl (C=O) groups is 2. The number of nitrogens with zero attached hydrogens (tertiary/aromatic N) is 5. The van der Waals surface area contributed by atoms with E-state index < -0.39 is 11.9 Å². The average Bonchev–Trinajstić information content (AvgIpc) is 3.28. The summed E-state index contributed by atoms with van der Waals surface area (Å²) in [5.41, 5.74) is 14.1. The van der Waals surface area contributed by atoms with Gasteiger partial charge in [-0.05, 0) is 92.6 Å². The van der Waals surface area contributed by atoms with Gasteiger partial charge in [0.05, 0.1) is 0 Å². The molecule has 0 fully saturated rings. The smallest absolute Gasteiger partial charge is 0.373 e. The van der Waals surface area contributed by atoms with Crippen molar-refractivity contribution < 1.29 is 39.9 Å². The largest absolute Gasteiger partial charge is 0.475 e. The van der Waals surface area contributed by atoms with E-state index in [1.807, 2.05) is 60.8 Å². The van der Waals surface area contributed by atoms with E-state index in [4.69, 9.17) is 4.98 Å². The van der Waals surface area contributed by atoms with Gasteiger partial charge < -0.3 is 15.2 Å². The van der Waals surface area contributed by atoms with Crippen LogP contribution in [0.2, 0.25) is 0 Å². The van der Waals surface area contributed by atoms with Crippen LogP contribution in [0.3, 0.4) is 0 Å². The van der Waals surface area contributed by atoms with E-state index in [0.717, 1.165) is 78.0 Å². The fourth-order valence-electron chi connectivity index (χ4n) is 7.02. The Bertz CT molecular complexity index is 2630. The van der Waals surface area contributed by atoms with Crippen molar-refractivity contribution >= 4 is 11.9 Å². The molecule has 0 aliphatic rings. The molecule has 9 nitrogen and oxygen atoms in total. The van der Waals surface area contributed by atoms with Gasteiger partial charge in [-0.25, -0.2) is 29.5 Å². The van der Waals surface area contributed by atoms with Gasteiger partial charge in [0, 0.05) is 56.7 Å². The SMILES string of the molecule is O=C(O)c1ncc(CCc2cc(CCc3cnc(C(=O)O)nc3)cc(-c3ccccc3-c3cnc(-c4[c-]cccc4)cc3-c3ccc(-c4ccccc4)cc3)c2)cn1.[Ir]. The Labute approximate surface area is 355 Å². The number of aromatic carboxylic acids is 2. The average molecular weight is 951 g/mol. The van der Waals surface area contributed by atoms with E-state index in [2.05, 4.69) is 98.8 Å². The first kappa shape index (κ1) is 40.2. The predicted molar refractivity (Wildman–Crippen MR) is 223 cm³/mol. The van der Waals surface area contributed by atoms with Crippen molar-refractivity contribution in [3.05, 3.63) is 198 Å². The third-order valence-corrected chi connectivity index (χ3v) is 9.97. The minimum atomic E-state index is -1.17. The maximum atomic E-state index is 11.3. The Morgan fingerprint density at radius 3 is 1.51 bits per heavy atom. The zero-order valence-corrected chi connectivity index (χ0v) is 34.0. The third kappa shape index (κ3) is 9.59. The fraction of sp³-hybridized carbons (Fsp3) is 0.0816. The number of aromatic nitrogens is 5. The molecule has 2 N–H and O–H groups in total. The maximum absolute atomic E-state index is 11.3. The molecule has 3 aromatic heterocycles. The first-order valence-corrected chi connectivity index (χ1v) is 18.8. The molecule has 10 heteroatoms. The standard InChI is InChI=1S/C49H36N5O4.Ir/c55-48(56)46-51-27-34(28-52-46)17-15-32-23-33(16-18-35-29-53-47(49(57)58)54-30-35)25-40(24-32)41-13-7-8-14-42(41)44-31-50-45(39-11-5-2-6-12-39)26-43(44)38-21-19-37(20-22-38)36-9-3-1-4-10-36;/h1-11,13-14,19-31H,15-18H2,(H,55,56)(H,57,58);/q-1;. The monoisotopic (exact) mass is 951 g/mol. The van der Waals surface area contributed by atoms with Gasteiger partial charge >= 0.3 is 11.9 Å². The number of carboxylic acid groups (broad SMARTS) is 2. The predicted octanol–water partition coefficient (Wildman–Crippen LogP) is 9.76. The first-order chi connectivity index (χ1) is 28.4. The van der Waals surface area contributed by atoms with E-state index in [0.29, 0.717) is 25.7 Å². The molecule has 0 spiro atoms. The van der Waals surface area contributed by atoms with Crippen molar-refractivity contribution in [3.8, 4) is 55.8 Å². The second-order valence-electron chi connectivity index (χ2n) is 13.9. The summed E-state index contributed by atoms with van der Waals surface area (Å²) in [5.74, 6) is -2.80. The Hall–Kier alpha value is -7.00. The molecular formula is C49H36IrN5O4-. The quantitative estimate of drug-likeness (QED) is 0.108. The summed E-state index contributed by atoms with van der Waals surface area (Å²) in [7, 11) is 0. The van der Waals surface area contributed by atoms with Gasteiger partial charge in [0.1, 0.15) is 0 Å². The molecule has 0 aliphatic carbocycles. The van der Waals surface area contributed by atoms with Gasteiger partial charge in [-0.15, -0.1) is 35.9 Å². The number of pyridine rings is 1. The summed E-state index contributed by atoms with van der Waals surface area (Å²) in [4.78, 5) is 43.7. The summed E-state index contributed by atoms with van der Waals surface area (Å²) in [6.45, 7) is 0. The summed E-state index contributed by atoms with van der Waals surface area (Å²) in [6, 6.07) is 47.3. The van der Waals surface area contributed by atoms with Crippen molar-refractivity contribution in [2.75, 3.05) is 0 Å². The summed E-state index contributed by atoms with van der Waals surface area (Å²) in [6.07, 6.45) is 10.8. The topological polar surface area (TPSA) is 139 Å². The number of rotatable bonds is 13. The molecule has 0 saturated heterocycles. The number of carboxylic acids is 2. The summed E-state index contributed by atoms with van der Waals surface area (Å²) in [5, 5.41) is 18.5. The van der Waals surface area contributed by atoms with Crippen LogP contribution in [-0.4, -0.2) is 47.1 Å². The Kier molecular flexibility index (Phi) is 12.6. The Morgan fingerprint density at radius 2 is 0.949 bits per heavy atom. The second-order valence-corrected chi connectivity index (χ2v) is 13.9. The molecule has 0 saturated carbocycles. The minimum Gasteiger partial charge on any atom is -0.475 e. The van der Waals surface area contributed by atoms with Crippen molar-refractivity contribution in [2.45, 2.75) is 25.7 Å². The zero-order chi connectivity index (χ0) is 39.8. The number of hydrogen-bond acceptors (Lipinski definition) is 7. The normalized spacial score (nSPS) is 10.8. The Morgan fingerprint density at radius 1 is 0.441 bits per heavy atom. The van der Waals surface area contributed by atoms with Gasteiger partial charge in [-0.2, -0.15) is 0 Å². The number of benzene rings is 5. The molecule has 0 amide bonds. The van der Waals surface area contributed by atoms with Crippen molar-refractivity contribution in [3.63, 3.8) is 0 Å². The first-order valence-electron chi connectivity index (χ1n) is 18.8. The molecule has 8 aromatic rings. The molecule has 59 heavy (non-hydrogen) atoms. The van der Waals surface area contributed by atoms with E-state index in [1.165, 1.54) is 0 Å². The van der Waals surface area contributed by atoms with Crippen molar-refractivity contribution in [1.82, 2.24) is 24.9 Å². The van der Waals surface area contributed by atoms with Crippen molar-refractivity contribution in [2.24, 2.45) is 0 Å². The zero-order valence-electron chi connectivity index (χ0n) is 31.6. The van der Waals surface area contributed by atoms with Crippen LogP contribution >= 0.6 is 0 Å². The van der Waals surface area contributed by atoms with E-state index in [9.17, 15) is 19.8 Å². The summed E-state index contributed by atoms with van der Waals surface area (Å²) >= 11 is 0. The van der Waals surface area contributed by atoms with E-state index in [1.54, 1.807) is 24.8 Å². The molecule has 0 unspecified atom stereocenters. The Balaban J connectivity index is 0.00000528. The van der Waals surface area contributed by atoms with Crippen LogP contribution in [0.1, 0.15) is 43.5 Å². The van der Waals surface area contributed by atoms with Crippen LogP contribution < -0.4 is 0 Å². The molecule has 0 atom stereocenters. The van der Waals surface area contributed by atoms with E-state index >= 15 is 0 Å². The van der Waals surface area contributed by atoms with Gasteiger partial charge in [-0.3, -0.25) is 0 Å². The van der Waals surface area contributed by atoms with E-state index in [-0.39, 0.29) is 31.8 Å². The van der Waals surface area contributed by atoms with Crippen LogP contribution in [0.25, 0.3) is 55.8 Å². The summed E-state index contributed by atoms with van der Waals surface area (Å²) < 4.78 is 0. The van der Waals surface area contributed by atoms with Crippen LogP contribution in [0.4, 0.5) is 0 Å². The third-order valence-electron chi connectivity index (χ3n) is 9.97. The van der Waals surface area contributed by atoms with Gasteiger partial charge in [0.25, 0.3) is 0 Å². The van der Waals surface area contributed by atoms with Gasteiger partial charge in [0.15, 0.2) is 0 Å². The van der Waals surface area contributed by atoms with Crippen LogP contribution in [-0.2, 0) is 45.8 Å². The fourth-order valence-corrected chi connectivity index (χ4v) is 7.02. The molecule has 0 bridgehead atoms. The van der Waals surface area contributed by atoms with Crippen LogP contribution in [0, 0.1) is 6.07 Å². The molecule has 0 aliphatic heterocycles. The second kappa shape index (κ2) is 18.5. The molecular weight excluding hydrogens is 915 g/mol. The van der Waals surface area contributed by atoms with Crippen molar-refractivity contribution in [1.29, 1.82) is 0 Å². The van der Waals surface area contributed by atoms with Gasteiger partial charge in [-0.1, -0.05) is 103 Å². The molecule has 3 heterocycles. The molecule has 291 valence electrons. The number of aryl methyl sites for hydroxylation is 4. The van der Waals surface area contributed by atoms with Crippen LogP contribution in [0.5, 0.6) is 0 Å². The molecule has 5 aromatic carbocycles. The van der Waals surface area contributed by atoms with Crippen LogP contribution in [0.15, 0.2) is 158 Å². The molecule has 1 radical (unpaired) electrons. The number of hydrogen-bond donors (Lipinski definition) is 2.